The second-order valence-corrected chi connectivity index (χ2v) is 6.41. The molecule has 3 aromatic rings. The van der Waals surface area contributed by atoms with Gasteiger partial charge in [-0.15, -0.1) is 22.7 Å². The van der Waals surface area contributed by atoms with Gasteiger partial charge in [0.1, 0.15) is 5.00 Å². The number of benzene rings is 1. The number of amides is 2. The molecule has 1 aromatic carbocycles. The Morgan fingerprint density at radius 3 is 2.57 bits per heavy atom. The first kappa shape index (κ1) is 13.8. The first-order valence-electron chi connectivity index (χ1n) is 6.29. The molecular weight excluding hydrogens is 304 g/mol. The molecule has 0 bridgehead atoms. The van der Waals surface area contributed by atoms with Gasteiger partial charge in [-0.3, -0.25) is 9.59 Å². The van der Waals surface area contributed by atoms with Crippen LogP contribution in [-0.2, 0) is 4.79 Å². The minimum atomic E-state index is -0.210. The van der Waals surface area contributed by atoms with Crippen molar-refractivity contribution < 1.29 is 9.59 Å². The lowest BCUT2D eigenvalue weighted by atomic mass is 10.1. The van der Waals surface area contributed by atoms with Crippen LogP contribution in [0, 0.1) is 0 Å². The summed E-state index contributed by atoms with van der Waals surface area (Å²) in [6, 6.07) is 11.3. The van der Waals surface area contributed by atoms with Crippen LogP contribution in [0.1, 0.15) is 17.3 Å². The molecule has 0 aliphatic heterocycles. The maximum Gasteiger partial charge on any atom is 0.259 e. The molecule has 106 valence electrons. The highest BCUT2D eigenvalue weighted by atomic mass is 32.1. The summed E-state index contributed by atoms with van der Waals surface area (Å²) < 4.78 is 0.970. The highest BCUT2D eigenvalue weighted by Crippen LogP contribution is 2.36. The lowest BCUT2D eigenvalue weighted by Crippen LogP contribution is -2.14. The van der Waals surface area contributed by atoms with E-state index in [0.717, 1.165) is 15.1 Å². The fourth-order valence-electron chi connectivity index (χ4n) is 2.04. The van der Waals surface area contributed by atoms with Gasteiger partial charge in [-0.25, -0.2) is 0 Å². The van der Waals surface area contributed by atoms with Gasteiger partial charge < -0.3 is 10.6 Å². The van der Waals surface area contributed by atoms with Crippen LogP contribution in [0.5, 0.6) is 0 Å². The van der Waals surface area contributed by atoms with Crippen LogP contribution in [0.4, 0.5) is 10.0 Å². The normalized spacial score (nSPS) is 10.5. The highest BCUT2D eigenvalue weighted by Gasteiger charge is 2.19. The molecule has 0 atom stereocenters. The Morgan fingerprint density at radius 1 is 1.05 bits per heavy atom. The number of hydrogen-bond donors (Lipinski definition) is 2. The van der Waals surface area contributed by atoms with E-state index >= 15 is 0 Å². The fraction of sp³-hybridized carbons (Fsp3) is 0.0667. The summed E-state index contributed by atoms with van der Waals surface area (Å²) in [7, 11) is 0. The third kappa shape index (κ3) is 2.81. The van der Waals surface area contributed by atoms with Gasteiger partial charge in [-0.05, 0) is 23.6 Å². The molecule has 6 heteroatoms. The van der Waals surface area contributed by atoms with Gasteiger partial charge in [-0.2, -0.15) is 0 Å². The van der Waals surface area contributed by atoms with Crippen LogP contribution < -0.4 is 10.6 Å². The average Bonchev–Trinajstić information content (AvgIpc) is 3.04. The van der Waals surface area contributed by atoms with E-state index in [4.69, 9.17) is 0 Å². The zero-order chi connectivity index (χ0) is 14.8. The summed E-state index contributed by atoms with van der Waals surface area (Å²) in [5, 5.41) is 9.72. The quantitative estimate of drug-likeness (QED) is 0.762. The Kier molecular flexibility index (Phi) is 3.72. The minimum Gasteiger partial charge on any atom is -0.317 e. The van der Waals surface area contributed by atoms with E-state index in [0.29, 0.717) is 10.6 Å². The van der Waals surface area contributed by atoms with Crippen molar-refractivity contribution in [2.24, 2.45) is 0 Å². The van der Waals surface area contributed by atoms with Gasteiger partial charge in [0, 0.05) is 17.0 Å². The van der Waals surface area contributed by atoms with E-state index in [2.05, 4.69) is 10.6 Å². The molecule has 0 aliphatic carbocycles. The fourth-order valence-corrected chi connectivity index (χ4v) is 3.80. The first-order valence-corrected chi connectivity index (χ1v) is 7.99. The van der Waals surface area contributed by atoms with Crippen LogP contribution in [0.25, 0.3) is 10.1 Å². The van der Waals surface area contributed by atoms with Crippen LogP contribution in [-0.4, -0.2) is 11.8 Å². The molecule has 3 rings (SSSR count). The second kappa shape index (κ2) is 5.67. The van der Waals surface area contributed by atoms with E-state index in [-0.39, 0.29) is 11.8 Å². The number of carbonyl (C=O) groups is 2. The molecule has 4 nitrogen and oxygen atoms in total. The van der Waals surface area contributed by atoms with Crippen molar-refractivity contribution >= 4 is 54.6 Å². The first-order chi connectivity index (χ1) is 10.1. The number of rotatable bonds is 3. The largest absolute Gasteiger partial charge is 0.317 e. The molecule has 0 saturated carbocycles. The van der Waals surface area contributed by atoms with Crippen molar-refractivity contribution in [2.75, 3.05) is 10.6 Å². The Balaban J connectivity index is 2.05. The van der Waals surface area contributed by atoms with Gasteiger partial charge in [0.2, 0.25) is 5.91 Å². The zero-order valence-corrected chi connectivity index (χ0v) is 12.8. The lowest BCUT2D eigenvalue weighted by molar-refractivity contribution is -0.114. The number of thiophene rings is 2. The van der Waals surface area contributed by atoms with Crippen molar-refractivity contribution in [3.8, 4) is 0 Å². The Morgan fingerprint density at radius 2 is 1.86 bits per heavy atom. The molecule has 2 N–H and O–H groups in total. The van der Waals surface area contributed by atoms with Crippen LogP contribution >= 0.6 is 22.7 Å². The SMILES string of the molecule is CC(=O)Nc1sc2ccccc2c1C(=O)Nc1cccs1. The van der Waals surface area contributed by atoms with Gasteiger partial charge in [-0.1, -0.05) is 18.2 Å². The molecule has 0 saturated heterocycles. The molecule has 2 aromatic heterocycles. The molecule has 21 heavy (non-hydrogen) atoms. The number of carbonyl (C=O) groups excluding carboxylic acids is 2. The standard InChI is InChI=1S/C15H12N2O2S2/c1-9(18)16-15-13(10-5-2-3-6-11(10)21-15)14(19)17-12-7-4-8-20-12/h2-8H,1H3,(H,16,18)(H,17,19). The smallest absolute Gasteiger partial charge is 0.259 e. The van der Waals surface area contributed by atoms with Crippen LogP contribution in [0.2, 0.25) is 0 Å². The van der Waals surface area contributed by atoms with Crippen LogP contribution in [0.3, 0.4) is 0 Å². The Labute approximate surface area is 129 Å². The monoisotopic (exact) mass is 316 g/mol. The van der Waals surface area contributed by atoms with Gasteiger partial charge in [0.05, 0.1) is 10.6 Å². The van der Waals surface area contributed by atoms with Gasteiger partial charge in [0.15, 0.2) is 0 Å². The van der Waals surface area contributed by atoms with E-state index in [1.807, 2.05) is 41.8 Å². The summed E-state index contributed by atoms with van der Waals surface area (Å²) in [5.41, 5.74) is 0.513. The molecular formula is C15H12N2O2S2. The number of hydrogen-bond acceptors (Lipinski definition) is 4. The maximum atomic E-state index is 12.5. The number of nitrogens with one attached hydrogen (secondary N) is 2. The molecule has 0 aliphatic rings. The summed E-state index contributed by atoms with van der Waals surface area (Å²) in [6.07, 6.45) is 0. The summed E-state index contributed by atoms with van der Waals surface area (Å²) in [5.74, 6) is -0.398. The second-order valence-electron chi connectivity index (χ2n) is 4.41. The maximum absolute atomic E-state index is 12.5. The van der Waals surface area contributed by atoms with Crippen molar-refractivity contribution in [2.45, 2.75) is 6.92 Å². The molecule has 0 radical (unpaired) electrons. The Hall–Kier alpha value is -2.18. The summed E-state index contributed by atoms with van der Waals surface area (Å²) >= 11 is 2.86. The topological polar surface area (TPSA) is 58.2 Å². The third-order valence-electron chi connectivity index (χ3n) is 2.87. The van der Waals surface area contributed by atoms with Crippen LogP contribution in [0.15, 0.2) is 41.8 Å². The van der Waals surface area contributed by atoms with Gasteiger partial charge >= 0.3 is 0 Å². The molecule has 0 spiro atoms. The summed E-state index contributed by atoms with van der Waals surface area (Å²) in [4.78, 5) is 23.9. The van der Waals surface area contributed by atoms with E-state index < -0.39 is 0 Å². The molecule has 0 fully saturated rings. The third-order valence-corrected chi connectivity index (χ3v) is 4.74. The predicted molar refractivity (Wildman–Crippen MR) is 88.4 cm³/mol. The van der Waals surface area contributed by atoms with E-state index in [1.54, 1.807) is 0 Å². The molecule has 2 amide bonds. The number of fused-ring (bicyclic) bond motifs is 1. The Bertz CT molecular complexity index is 806. The van der Waals surface area contributed by atoms with Crippen molar-refractivity contribution in [3.63, 3.8) is 0 Å². The van der Waals surface area contributed by atoms with Crippen molar-refractivity contribution in [1.82, 2.24) is 0 Å². The van der Waals surface area contributed by atoms with Gasteiger partial charge in [0.25, 0.3) is 5.91 Å². The highest BCUT2D eigenvalue weighted by molar-refractivity contribution is 7.23. The molecule has 2 heterocycles. The zero-order valence-electron chi connectivity index (χ0n) is 11.2. The average molecular weight is 316 g/mol. The lowest BCUT2D eigenvalue weighted by Gasteiger charge is -2.05. The summed E-state index contributed by atoms with van der Waals surface area (Å²) in [6.45, 7) is 1.44. The van der Waals surface area contributed by atoms with E-state index in [9.17, 15) is 9.59 Å². The molecule has 0 unspecified atom stereocenters. The minimum absolute atomic E-state index is 0.188. The van der Waals surface area contributed by atoms with Crippen molar-refractivity contribution in [3.05, 3.63) is 47.3 Å². The van der Waals surface area contributed by atoms with Crippen molar-refractivity contribution in [1.29, 1.82) is 0 Å². The number of anilines is 2. The predicted octanol–water partition coefficient (Wildman–Crippen LogP) is 4.17. The van der Waals surface area contributed by atoms with E-state index in [1.165, 1.54) is 29.6 Å².